The van der Waals surface area contributed by atoms with E-state index in [9.17, 15) is 27.9 Å². The van der Waals surface area contributed by atoms with E-state index >= 15 is 4.39 Å². The highest BCUT2D eigenvalue weighted by atomic mass is 35.5. The summed E-state index contributed by atoms with van der Waals surface area (Å²) in [7, 11) is 0. The lowest BCUT2D eigenvalue weighted by atomic mass is 9.68. The van der Waals surface area contributed by atoms with Crippen molar-refractivity contribution in [1.29, 1.82) is 0 Å². The molecule has 0 bridgehead atoms. The fourth-order valence-electron chi connectivity index (χ4n) is 6.03. The molecule has 44 heavy (non-hydrogen) atoms. The standard InChI is InChI=1S/C30H29ClF4N6O3/c31-19-4-6-25(37-15-19)39-27(43)41-16-28(44,30(33,34)35)14-24(41)26(42)38-23-13-18(3-5-21(23)32)29(10-7-17-1-2-17)20-8-11-36-12-9-22(20)40-29/h3-6,8-9,11-13,15,17,22,24,40,44H,1-2,7,10,14,16H2,(H,38,42)(H,37,39,43)/t22?,24-,28-,29?/m1/s1. The van der Waals surface area contributed by atoms with Crippen LogP contribution in [0.25, 0.3) is 0 Å². The maximum atomic E-state index is 15.1. The molecule has 4 aliphatic rings. The van der Waals surface area contributed by atoms with E-state index < -0.39 is 54.1 Å². The van der Waals surface area contributed by atoms with E-state index in [0.717, 1.165) is 24.8 Å². The number of pyridine rings is 1. The van der Waals surface area contributed by atoms with E-state index in [1.54, 1.807) is 18.5 Å². The van der Waals surface area contributed by atoms with Crippen molar-refractivity contribution in [3.05, 3.63) is 76.9 Å². The summed E-state index contributed by atoms with van der Waals surface area (Å²) < 4.78 is 56.7. The molecular weight excluding hydrogens is 604 g/mol. The van der Waals surface area contributed by atoms with Crippen LogP contribution in [-0.4, -0.2) is 63.5 Å². The topological polar surface area (TPSA) is 119 Å². The first-order valence-corrected chi connectivity index (χ1v) is 14.5. The van der Waals surface area contributed by atoms with Crippen LogP contribution in [0.1, 0.15) is 37.7 Å². The van der Waals surface area contributed by atoms with E-state index in [2.05, 4.69) is 25.9 Å². The van der Waals surface area contributed by atoms with Gasteiger partial charge in [-0.2, -0.15) is 13.2 Å². The van der Waals surface area contributed by atoms with Crippen LogP contribution in [0.5, 0.6) is 0 Å². The number of nitrogens with one attached hydrogen (secondary N) is 3. The molecule has 2 saturated heterocycles. The van der Waals surface area contributed by atoms with Gasteiger partial charge in [0.05, 0.1) is 28.8 Å². The summed E-state index contributed by atoms with van der Waals surface area (Å²) in [4.78, 5) is 35.2. The number of aromatic nitrogens is 1. The molecule has 4 heterocycles. The van der Waals surface area contributed by atoms with Gasteiger partial charge in [-0.1, -0.05) is 30.5 Å². The fraction of sp³-hybridized carbons (Fsp3) is 0.400. The van der Waals surface area contributed by atoms with Gasteiger partial charge in [0, 0.05) is 25.0 Å². The number of likely N-dealkylation sites (tertiary alicyclic amines) is 1. The summed E-state index contributed by atoms with van der Waals surface area (Å²) in [6.45, 7) is -1.21. The Labute approximate surface area is 255 Å². The third kappa shape index (κ3) is 5.71. The molecule has 6 rings (SSSR count). The largest absolute Gasteiger partial charge is 0.419 e. The number of rotatable bonds is 7. The minimum absolute atomic E-state index is 0.0322. The second-order valence-corrected chi connectivity index (χ2v) is 12.1. The number of nitrogens with zero attached hydrogens (tertiary/aromatic N) is 3. The van der Waals surface area contributed by atoms with Crippen LogP contribution in [0.2, 0.25) is 5.02 Å². The maximum absolute atomic E-state index is 15.1. The molecule has 14 heteroatoms. The number of allylic oxidation sites excluding steroid dienone is 1. The zero-order valence-corrected chi connectivity index (χ0v) is 24.0. The second-order valence-electron chi connectivity index (χ2n) is 11.6. The first-order chi connectivity index (χ1) is 20.9. The first kappa shape index (κ1) is 30.2. The van der Waals surface area contributed by atoms with Crippen molar-refractivity contribution in [2.45, 2.75) is 61.5 Å². The summed E-state index contributed by atoms with van der Waals surface area (Å²) >= 11 is 5.80. The van der Waals surface area contributed by atoms with Crippen LogP contribution < -0.4 is 16.0 Å². The second kappa shape index (κ2) is 11.3. The van der Waals surface area contributed by atoms with Gasteiger partial charge in [-0.3, -0.25) is 20.4 Å². The van der Waals surface area contributed by atoms with Crippen LogP contribution in [-0.2, 0) is 10.3 Å². The number of carbonyl (C=O) groups is 2. The Morgan fingerprint density at radius 2 is 1.98 bits per heavy atom. The van der Waals surface area contributed by atoms with E-state index in [4.69, 9.17) is 11.6 Å². The number of carbonyl (C=O) groups excluding carboxylic acids is 2. The van der Waals surface area contributed by atoms with E-state index in [-0.39, 0.29) is 22.6 Å². The number of fused-ring (bicyclic) bond motifs is 1. The lowest BCUT2D eigenvalue weighted by Crippen LogP contribution is -2.62. The van der Waals surface area contributed by atoms with Crippen LogP contribution in [0.15, 0.2) is 65.4 Å². The molecule has 1 saturated carbocycles. The number of hydrogen-bond acceptors (Lipinski definition) is 6. The molecule has 4 N–H and O–H groups in total. The molecule has 3 aliphatic heterocycles. The molecule has 0 radical (unpaired) electrons. The number of anilines is 2. The summed E-state index contributed by atoms with van der Waals surface area (Å²) in [5.74, 6) is -1.32. The number of β-amino-alcohol motifs (C(OH)–C–C–N with tert-alkyl or cyclic N) is 1. The Morgan fingerprint density at radius 1 is 1.18 bits per heavy atom. The quantitative estimate of drug-likeness (QED) is 0.309. The van der Waals surface area contributed by atoms with E-state index in [0.29, 0.717) is 22.8 Å². The van der Waals surface area contributed by atoms with Gasteiger partial charge in [0.15, 0.2) is 5.60 Å². The summed E-state index contributed by atoms with van der Waals surface area (Å²) in [5, 5.41) is 19.0. The van der Waals surface area contributed by atoms with Gasteiger partial charge in [-0.05, 0) is 66.3 Å². The van der Waals surface area contributed by atoms with Crippen LogP contribution in [0.3, 0.4) is 0 Å². The number of aliphatic imine (C=N–C) groups is 1. The van der Waals surface area contributed by atoms with Crippen molar-refractivity contribution in [2.24, 2.45) is 10.9 Å². The van der Waals surface area contributed by atoms with Crippen molar-refractivity contribution in [3.63, 3.8) is 0 Å². The number of urea groups is 1. The SMILES string of the molecule is O=C(Nc1cc(C2(CCC3CC3)NC3C=CN=CC=C32)ccc1F)[C@H]1C[C@](O)(C(F)(F)F)CN1C(=O)Nc1ccc(Cl)cn1. The lowest BCUT2D eigenvalue weighted by molar-refractivity contribution is -0.253. The fourth-order valence-corrected chi connectivity index (χ4v) is 6.14. The summed E-state index contributed by atoms with van der Waals surface area (Å²) in [6.07, 6.45) is 6.09. The lowest BCUT2D eigenvalue weighted by Gasteiger charge is -2.52. The van der Waals surface area contributed by atoms with Crippen molar-refractivity contribution in [1.82, 2.24) is 15.2 Å². The molecule has 232 valence electrons. The van der Waals surface area contributed by atoms with Crippen molar-refractivity contribution < 1.29 is 32.3 Å². The summed E-state index contributed by atoms with van der Waals surface area (Å²) in [6, 6.07) is 4.05. The monoisotopic (exact) mass is 632 g/mol. The number of amides is 3. The molecule has 2 aromatic rings. The number of halogens is 5. The van der Waals surface area contributed by atoms with E-state index in [1.165, 1.54) is 30.5 Å². The number of aliphatic hydroxyl groups is 1. The van der Waals surface area contributed by atoms with E-state index in [1.807, 2.05) is 12.2 Å². The minimum Gasteiger partial charge on any atom is -0.379 e. The number of alkyl halides is 3. The van der Waals surface area contributed by atoms with Crippen molar-refractivity contribution in [2.75, 3.05) is 17.2 Å². The Kier molecular flexibility index (Phi) is 7.75. The van der Waals surface area contributed by atoms with Gasteiger partial charge in [0.25, 0.3) is 0 Å². The predicted octanol–water partition coefficient (Wildman–Crippen LogP) is 5.29. The molecule has 0 spiro atoms. The van der Waals surface area contributed by atoms with Gasteiger partial charge in [-0.15, -0.1) is 0 Å². The zero-order chi connectivity index (χ0) is 31.3. The predicted molar refractivity (Wildman–Crippen MR) is 156 cm³/mol. The summed E-state index contributed by atoms with van der Waals surface area (Å²) in [5.41, 5.74) is -2.57. The molecule has 3 fully saturated rings. The molecule has 2 unspecified atom stereocenters. The highest BCUT2D eigenvalue weighted by molar-refractivity contribution is 6.30. The highest BCUT2D eigenvalue weighted by Crippen LogP contribution is 2.48. The normalized spacial score (nSPS) is 27.7. The Bertz CT molecular complexity index is 1560. The molecule has 1 aromatic carbocycles. The highest BCUT2D eigenvalue weighted by Gasteiger charge is 2.62. The molecule has 3 amide bonds. The molecule has 1 aromatic heterocycles. The van der Waals surface area contributed by atoms with Gasteiger partial charge in [-0.25, -0.2) is 14.2 Å². The Morgan fingerprint density at radius 3 is 2.68 bits per heavy atom. The minimum atomic E-state index is -5.14. The average molecular weight is 633 g/mol. The molecule has 9 nitrogen and oxygen atoms in total. The average Bonchev–Trinajstić information content (AvgIpc) is 3.75. The Hall–Kier alpha value is -3.81. The smallest absolute Gasteiger partial charge is 0.379 e. The van der Waals surface area contributed by atoms with Crippen molar-refractivity contribution in [3.8, 4) is 0 Å². The molecule has 4 atom stereocenters. The third-order valence-electron chi connectivity index (χ3n) is 8.67. The van der Waals surface area contributed by atoms with Crippen LogP contribution in [0.4, 0.5) is 33.9 Å². The van der Waals surface area contributed by atoms with Gasteiger partial charge < -0.3 is 15.3 Å². The molecular formula is C30H29ClF4N6O3. The first-order valence-electron chi connectivity index (χ1n) is 14.2. The van der Waals surface area contributed by atoms with Crippen molar-refractivity contribution >= 4 is 41.3 Å². The molecule has 1 aliphatic carbocycles. The maximum Gasteiger partial charge on any atom is 0.419 e. The van der Waals surface area contributed by atoms with Gasteiger partial charge in [0.1, 0.15) is 17.7 Å². The third-order valence-corrected chi connectivity index (χ3v) is 8.89. The Balaban J connectivity index is 1.27. The van der Waals surface area contributed by atoms with Crippen LogP contribution >= 0.6 is 11.6 Å². The number of hydrogen-bond donors (Lipinski definition) is 4. The van der Waals surface area contributed by atoms with Crippen LogP contribution in [0, 0.1) is 11.7 Å². The van der Waals surface area contributed by atoms with Gasteiger partial charge in [0.2, 0.25) is 5.91 Å². The zero-order valence-electron chi connectivity index (χ0n) is 23.2. The van der Waals surface area contributed by atoms with Gasteiger partial charge >= 0.3 is 12.2 Å². The number of benzene rings is 1.